The number of aryl methyl sites for hydroxylation is 1. The second-order valence-electron chi connectivity index (χ2n) is 6.45. The van der Waals surface area contributed by atoms with Gasteiger partial charge in [0.15, 0.2) is 0 Å². The lowest BCUT2D eigenvalue weighted by Gasteiger charge is -2.11. The van der Waals surface area contributed by atoms with Gasteiger partial charge in [0.05, 0.1) is 29.5 Å². The maximum absolute atomic E-state index is 12.5. The van der Waals surface area contributed by atoms with Crippen LogP contribution in [0.2, 0.25) is 0 Å². The molecule has 2 aromatic carbocycles. The Kier molecular flexibility index (Phi) is 6.50. The third-order valence-corrected chi connectivity index (χ3v) is 5.48. The summed E-state index contributed by atoms with van der Waals surface area (Å²) in [6, 6.07) is 13.8. The number of hydrazone groups is 1. The van der Waals surface area contributed by atoms with Gasteiger partial charge in [0.2, 0.25) is 0 Å². The van der Waals surface area contributed by atoms with Crippen molar-refractivity contribution in [3.63, 3.8) is 0 Å². The standard InChI is InChI=1S/C21H19IN4O4/c1-13-10-15(14(2)25(13)19-7-5-4-6-18(19)22)12-23-24-21(27)17-11-16(26(28)29)8-9-20(17)30-3/h4-12H,1-3H3,(H,24,27)/b23-12-. The fourth-order valence-corrected chi connectivity index (χ4v) is 3.76. The number of hydrogen-bond acceptors (Lipinski definition) is 5. The third-order valence-electron chi connectivity index (χ3n) is 4.57. The van der Waals surface area contributed by atoms with Gasteiger partial charge < -0.3 is 9.30 Å². The monoisotopic (exact) mass is 518 g/mol. The molecule has 154 valence electrons. The van der Waals surface area contributed by atoms with Crippen LogP contribution < -0.4 is 10.2 Å². The van der Waals surface area contributed by atoms with Crippen molar-refractivity contribution in [2.24, 2.45) is 5.10 Å². The highest BCUT2D eigenvalue weighted by atomic mass is 127. The van der Waals surface area contributed by atoms with Crippen molar-refractivity contribution >= 4 is 40.4 Å². The number of rotatable bonds is 6. The van der Waals surface area contributed by atoms with E-state index >= 15 is 0 Å². The maximum Gasteiger partial charge on any atom is 0.275 e. The number of nitro groups is 1. The molecule has 0 bridgehead atoms. The number of halogens is 1. The molecular weight excluding hydrogens is 499 g/mol. The fraction of sp³-hybridized carbons (Fsp3) is 0.143. The minimum atomic E-state index is -0.599. The highest BCUT2D eigenvalue weighted by Gasteiger charge is 2.17. The zero-order valence-corrected chi connectivity index (χ0v) is 18.7. The van der Waals surface area contributed by atoms with E-state index in [2.05, 4.69) is 37.7 Å². The van der Waals surface area contributed by atoms with Crippen LogP contribution in [0.25, 0.3) is 5.69 Å². The van der Waals surface area contributed by atoms with Gasteiger partial charge in [0, 0.05) is 32.7 Å². The Hall–Kier alpha value is -3.21. The number of nitrogens with zero attached hydrogens (tertiary/aromatic N) is 3. The van der Waals surface area contributed by atoms with Crippen molar-refractivity contribution < 1.29 is 14.5 Å². The molecule has 1 aromatic heterocycles. The molecule has 9 heteroatoms. The lowest BCUT2D eigenvalue weighted by Crippen LogP contribution is -2.18. The van der Waals surface area contributed by atoms with E-state index in [0.29, 0.717) is 0 Å². The van der Waals surface area contributed by atoms with Crippen molar-refractivity contribution in [3.05, 3.63) is 84.7 Å². The average Bonchev–Trinajstić information content (AvgIpc) is 3.01. The Morgan fingerprint density at radius 1 is 1.23 bits per heavy atom. The first kappa shape index (κ1) is 21.5. The van der Waals surface area contributed by atoms with E-state index in [9.17, 15) is 14.9 Å². The Morgan fingerprint density at radius 2 is 1.97 bits per heavy atom. The number of amides is 1. The van der Waals surface area contributed by atoms with Gasteiger partial charge in [-0.1, -0.05) is 12.1 Å². The molecule has 0 aliphatic carbocycles. The number of non-ortho nitro benzene ring substituents is 1. The van der Waals surface area contributed by atoms with Crippen LogP contribution in [-0.4, -0.2) is 28.7 Å². The second kappa shape index (κ2) is 9.08. The number of carbonyl (C=O) groups excluding carboxylic acids is 1. The van der Waals surface area contributed by atoms with Gasteiger partial charge in [-0.15, -0.1) is 0 Å². The maximum atomic E-state index is 12.5. The van der Waals surface area contributed by atoms with Crippen LogP contribution in [0.15, 0.2) is 53.6 Å². The number of benzene rings is 2. The van der Waals surface area contributed by atoms with Crippen LogP contribution in [0.3, 0.4) is 0 Å². The smallest absolute Gasteiger partial charge is 0.275 e. The first-order valence-corrected chi connectivity index (χ1v) is 10.0. The van der Waals surface area contributed by atoms with Crippen LogP contribution in [0.5, 0.6) is 5.75 Å². The van der Waals surface area contributed by atoms with Crippen LogP contribution >= 0.6 is 22.6 Å². The van der Waals surface area contributed by atoms with Gasteiger partial charge >= 0.3 is 0 Å². The summed E-state index contributed by atoms with van der Waals surface area (Å²) in [6.07, 6.45) is 1.55. The van der Waals surface area contributed by atoms with Gasteiger partial charge in [-0.3, -0.25) is 14.9 Å². The highest BCUT2D eigenvalue weighted by molar-refractivity contribution is 14.1. The molecule has 30 heavy (non-hydrogen) atoms. The van der Waals surface area contributed by atoms with E-state index in [4.69, 9.17) is 4.74 Å². The Labute approximate surface area is 186 Å². The molecule has 0 fully saturated rings. The van der Waals surface area contributed by atoms with Gasteiger partial charge in [-0.2, -0.15) is 5.10 Å². The zero-order chi connectivity index (χ0) is 21.8. The number of methoxy groups -OCH3 is 1. The fourth-order valence-electron chi connectivity index (χ4n) is 3.13. The summed E-state index contributed by atoms with van der Waals surface area (Å²) in [5.41, 5.74) is 6.17. The molecule has 3 rings (SSSR count). The molecule has 1 heterocycles. The lowest BCUT2D eigenvalue weighted by molar-refractivity contribution is -0.384. The molecule has 0 aliphatic rings. The average molecular weight is 518 g/mol. The number of nitrogens with one attached hydrogen (secondary N) is 1. The molecule has 0 saturated heterocycles. The van der Waals surface area contributed by atoms with E-state index < -0.39 is 10.8 Å². The molecule has 8 nitrogen and oxygen atoms in total. The first-order chi connectivity index (χ1) is 14.3. The van der Waals surface area contributed by atoms with E-state index in [-0.39, 0.29) is 17.0 Å². The molecule has 0 radical (unpaired) electrons. The van der Waals surface area contributed by atoms with Gasteiger partial charge in [0.25, 0.3) is 11.6 Å². The van der Waals surface area contributed by atoms with Crippen LogP contribution in [-0.2, 0) is 0 Å². The molecule has 0 saturated carbocycles. The molecule has 3 aromatic rings. The van der Waals surface area contributed by atoms with Crippen molar-refractivity contribution in [2.75, 3.05) is 7.11 Å². The van der Waals surface area contributed by atoms with E-state index in [1.54, 1.807) is 6.21 Å². The van der Waals surface area contributed by atoms with E-state index in [1.807, 2.05) is 44.2 Å². The van der Waals surface area contributed by atoms with Crippen molar-refractivity contribution in [1.29, 1.82) is 0 Å². The topological polar surface area (TPSA) is 98.8 Å². The zero-order valence-electron chi connectivity index (χ0n) is 16.5. The Morgan fingerprint density at radius 3 is 2.63 bits per heavy atom. The Bertz CT molecular complexity index is 1150. The summed E-state index contributed by atoms with van der Waals surface area (Å²) >= 11 is 2.29. The van der Waals surface area contributed by atoms with Crippen molar-refractivity contribution in [3.8, 4) is 11.4 Å². The summed E-state index contributed by atoms with van der Waals surface area (Å²) < 4.78 is 8.36. The molecule has 1 amide bonds. The molecule has 0 unspecified atom stereocenters. The molecule has 0 atom stereocenters. The summed E-state index contributed by atoms with van der Waals surface area (Å²) in [6.45, 7) is 3.98. The molecule has 1 N–H and O–H groups in total. The van der Waals surface area contributed by atoms with Crippen LogP contribution in [0.4, 0.5) is 5.69 Å². The molecule has 0 spiro atoms. The highest BCUT2D eigenvalue weighted by Crippen LogP contribution is 2.25. The van der Waals surface area contributed by atoms with Crippen molar-refractivity contribution in [2.45, 2.75) is 13.8 Å². The summed E-state index contributed by atoms with van der Waals surface area (Å²) in [7, 11) is 1.39. The van der Waals surface area contributed by atoms with Gasteiger partial charge in [0.1, 0.15) is 5.75 Å². The number of aromatic nitrogens is 1. The normalized spacial score (nSPS) is 10.9. The number of hydrogen-bond donors (Lipinski definition) is 1. The summed E-state index contributed by atoms with van der Waals surface area (Å²) in [5.74, 6) is -0.372. The SMILES string of the molecule is COc1ccc([N+](=O)[O-])cc1C(=O)N/N=C\c1cc(C)n(-c2ccccc2I)c1C. The Balaban J connectivity index is 1.84. The predicted molar refractivity (Wildman–Crippen MR) is 123 cm³/mol. The van der Waals surface area contributed by atoms with Crippen molar-refractivity contribution in [1.82, 2.24) is 9.99 Å². The lowest BCUT2D eigenvalue weighted by atomic mass is 10.1. The van der Waals surface area contributed by atoms with Gasteiger partial charge in [-0.25, -0.2) is 5.43 Å². The minimum Gasteiger partial charge on any atom is -0.496 e. The van der Waals surface area contributed by atoms with Crippen LogP contribution in [0, 0.1) is 27.5 Å². The minimum absolute atomic E-state index is 0.0353. The van der Waals surface area contributed by atoms with Gasteiger partial charge in [-0.05, 0) is 60.7 Å². The summed E-state index contributed by atoms with van der Waals surface area (Å²) in [5, 5.41) is 15.0. The largest absolute Gasteiger partial charge is 0.496 e. The van der Waals surface area contributed by atoms with E-state index in [0.717, 1.165) is 32.3 Å². The number of para-hydroxylation sites is 1. The third kappa shape index (κ3) is 4.35. The number of nitro benzene ring substituents is 1. The first-order valence-electron chi connectivity index (χ1n) is 8.93. The molecule has 0 aliphatic heterocycles. The quantitative estimate of drug-likeness (QED) is 0.227. The van der Waals surface area contributed by atoms with Crippen LogP contribution in [0.1, 0.15) is 27.3 Å². The second-order valence-corrected chi connectivity index (χ2v) is 7.62. The predicted octanol–water partition coefficient (Wildman–Crippen LogP) is 4.38. The molecular formula is C21H19IN4O4. The van der Waals surface area contributed by atoms with E-state index in [1.165, 1.54) is 19.2 Å². The summed E-state index contributed by atoms with van der Waals surface area (Å²) in [4.78, 5) is 22.9. The number of ether oxygens (including phenoxy) is 1. The number of carbonyl (C=O) groups is 1.